The van der Waals surface area contributed by atoms with Crippen LogP contribution in [0, 0.1) is 5.92 Å². The van der Waals surface area contributed by atoms with Gasteiger partial charge in [-0.3, -0.25) is 9.59 Å². The quantitative estimate of drug-likeness (QED) is 0.774. The number of carboxylic acids is 1. The number of carbonyl (C=O) groups excluding carboxylic acids is 1. The Bertz CT molecular complexity index is 473. The summed E-state index contributed by atoms with van der Waals surface area (Å²) < 4.78 is 0. The average molecular weight is 312 g/mol. The molecule has 0 aliphatic carbocycles. The van der Waals surface area contributed by atoms with E-state index in [1.54, 1.807) is 19.1 Å². The molecule has 2 N–H and O–H groups in total. The van der Waals surface area contributed by atoms with E-state index in [1.807, 2.05) is 19.1 Å². The fourth-order valence-corrected chi connectivity index (χ4v) is 2.17. The molecule has 0 saturated heterocycles. The van der Waals surface area contributed by atoms with Crippen molar-refractivity contribution in [3.8, 4) is 0 Å². The molecule has 2 atom stereocenters. The number of hydrogen-bond donors (Lipinski definition) is 2. The summed E-state index contributed by atoms with van der Waals surface area (Å²) in [6.07, 6.45) is 2.53. The van der Waals surface area contributed by atoms with Gasteiger partial charge in [-0.15, -0.1) is 0 Å². The van der Waals surface area contributed by atoms with Gasteiger partial charge in [0.1, 0.15) is 0 Å². The number of amides is 1. The second kappa shape index (κ2) is 8.67. The maximum atomic E-state index is 11.9. The number of nitrogens with one attached hydrogen (secondary N) is 1. The SMILES string of the molecule is CC(CCCC(C)C(=O)O)NC(=O)Cc1ccc(Cl)cc1. The van der Waals surface area contributed by atoms with Crippen LogP contribution in [-0.2, 0) is 16.0 Å². The fraction of sp³-hybridized carbons (Fsp3) is 0.500. The molecule has 116 valence electrons. The van der Waals surface area contributed by atoms with Gasteiger partial charge in [0.15, 0.2) is 0 Å². The summed E-state index contributed by atoms with van der Waals surface area (Å²) >= 11 is 5.80. The Kier molecular flexibility index (Phi) is 7.23. The van der Waals surface area contributed by atoms with Crippen LogP contribution < -0.4 is 5.32 Å². The normalized spacial score (nSPS) is 13.5. The molecule has 1 aromatic carbocycles. The van der Waals surface area contributed by atoms with E-state index in [4.69, 9.17) is 16.7 Å². The maximum absolute atomic E-state index is 11.9. The predicted octanol–water partition coefficient (Wildman–Crippen LogP) is 3.28. The van der Waals surface area contributed by atoms with Crippen molar-refractivity contribution < 1.29 is 14.7 Å². The minimum atomic E-state index is -0.769. The summed E-state index contributed by atoms with van der Waals surface area (Å²) in [6.45, 7) is 3.64. The molecule has 0 heterocycles. The third-order valence-electron chi connectivity index (χ3n) is 3.38. The van der Waals surface area contributed by atoms with Gasteiger partial charge in [0.2, 0.25) is 5.91 Å². The fourth-order valence-electron chi connectivity index (χ4n) is 2.04. The Morgan fingerprint density at radius 1 is 1.19 bits per heavy atom. The number of benzene rings is 1. The number of halogens is 1. The lowest BCUT2D eigenvalue weighted by atomic mass is 10.0. The molecule has 0 radical (unpaired) electrons. The first kappa shape index (κ1) is 17.5. The van der Waals surface area contributed by atoms with Crippen LogP contribution in [0.2, 0.25) is 5.02 Å². The number of carbonyl (C=O) groups is 2. The Morgan fingerprint density at radius 3 is 2.38 bits per heavy atom. The molecule has 0 aliphatic heterocycles. The summed E-state index contributed by atoms with van der Waals surface area (Å²) in [5.41, 5.74) is 0.920. The van der Waals surface area contributed by atoms with Crippen LogP contribution in [0.1, 0.15) is 38.7 Å². The third kappa shape index (κ3) is 7.14. The number of carboxylic acid groups (broad SMARTS) is 1. The molecule has 21 heavy (non-hydrogen) atoms. The minimum absolute atomic E-state index is 0.0314. The van der Waals surface area contributed by atoms with Crippen LogP contribution in [0.4, 0.5) is 0 Å². The van der Waals surface area contributed by atoms with E-state index in [2.05, 4.69) is 5.32 Å². The molecule has 1 amide bonds. The van der Waals surface area contributed by atoms with E-state index < -0.39 is 5.97 Å². The van der Waals surface area contributed by atoms with Gasteiger partial charge in [-0.25, -0.2) is 0 Å². The molecule has 2 unspecified atom stereocenters. The second-order valence-corrected chi connectivity index (χ2v) is 5.88. The second-order valence-electron chi connectivity index (χ2n) is 5.44. The zero-order valence-corrected chi connectivity index (χ0v) is 13.2. The topological polar surface area (TPSA) is 66.4 Å². The molecule has 1 aromatic rings. The average Bonchev–Trinajstić information content (AvgIpc) is 2.41. The molecule has 4 nitrogen and oxygen atoms in total. The van der Waals surface area contributed by atoms with Crippen LogP contribution in [0.25, 0.3) is 0 Å². The monoisotopic (exact) mass is 311 g/mol. The first-order valence-corrected chi connectivity index (χ1v) is 7.53. The number of rotatable bonds is 8. The Morgan fingerprint density at radius 2 is 1.81 bits per heavy atom. The summed E-state index contributed by atoms with van der Waals surface area (Å²) in [4.78, 5) is 22.6. The van der Waals surface area contributed by atoms with Crippen LogP contribution in [0.5, 0.6) is 0 Å². The molecule has 5 heteroatoms. The van der Waals surface area contributed by atoms with Crippen LogP contribution in [-0.4, -0.2) is 23.0 Å². The molecule has 0 aliphatic rings. The van der Waals surface area contributed by atoms with Crippen molar-refractivity contribution in [2.24, 2.45) is 5.92 Å². The number of aliphatic carboxylic acids is 1. The van der Waals surface area contributed by atoms with Crippen molar-refractivity contribution in [2.45, 2.75) is 45.6 Å². The van der Waals surface area contributed by atoms with Gasteiger partial charge in [0.05, 0.1) is 12.3 Å². The highest BCUT2D eigenvalue weighted by Gasteiger charge is 2.12. The smallest absolute Gasteiger partial charge is 0.306 e. The van der Waals surface area contributed by atoms with E-state index in [-0.39, 0.29) is 17.9 Å². The first-order valence-electron chi connectivity index (χ1n) is 7.15. The van der Waals surface area contributed by atoms with E-state index in [0.717, 1.165) is 18.4 Å². The zero-order chi connectivity index (χ0) is 15.8. The third-order valence-corrected chi connectivity index (χ3v) is 3.63. The van der Waals surface area contributed by atoms with Gasteiger partial charge in [-0.05, 0) is 37.5 Å². The van der Waals surface area contributed by atoms with Crippen molar-refractivity contribution in [3.63, 3.8) is 0 Å². The highest BCUT2D eigenvalue weighted by Crippen LogP contribution is 2.11. The van der Waals surface area contributed by atoms with Crippen molar-refractivity contribution in [2.75, 3.05) is 0 Å². The van der Waals surface area contributed by atoms with Gasteiger partial charge in [0, 0.05) is 11.1 Å². The van der Waals surface area contributed by atoms with Gasteiger partial charge in [0.25, 0.3) is 0 Å². The standard InChI is InChI=1S/C16H22ClNO3/c1-11(16(20)21)4-3-5-12(2)18-15(19)10-13-6-8-14(17)9-7-13/h6-9,11-12H,3-5,10H2,1-2H3,(H,18,19)(H,20,21). The molecule has 0 bridgehead atoms. The summed E-state index contributed by atoms with van der Waals surface area (Å²) in [6, 6.07) is 7.25. The van der Waals surface area contributed by atoms with Crippen molar-refractivity contribution in [1.29, 1.82) is 0 Å². The zero-order valence-electron chi connectivity index (χ0n) is 12.4. The minimum Gasteiger partial charge on any atom is -0.481 e. The van der Waals surface area contributed by atoms with Crippen molar-refractivity contribution >= 4 is 23.5 Å². The Hall–Kier alpha value is -1.55. The summed E-state index contributed by atoms with van der Waals surface area (Å²) in [5, 5.41) is 12.4. The lowest BCUT2D eigenvalue weighted by molar-refractivity contribution is -0.141. The van der Waals surface area contributed by atoms with Crippen LogP contribution in [0.3, 0.4) is 0 Å². The predicted molar refractivity (Wildman–Crippen MR) is 83.4 cm³/mol. The van der Waals surface area contributed by atoms with Crippen LogP contribution >= 0.6 is 11.6 Å². The summed E-state index contributed by atoms with van der Waals surface area (Å²) in [5.74, 6) is -1.13. The molecule has 0 fully saturated rings. The van der Waals surface area contributed by atoms with E-state index >= 15 is 0 Å². The van der Waals surface area contributed by atoms with Crippen LogP contribution in [0.15, 0.2) is 24.3 Å². The van der Waals surface area contributed by atoms with Gasteiger partial charge in [-0.1, -0.05) is 37.1 Å². The molecule has 1 rings (SSSR count). The highest BCUT2D eigenvalue weighted by atomic mass is 35.5. The molecule has 0 saturated carbocycles. The van der Waals surface area contributed by atoms with Crippen molar-refractivity contribution in [3.05, 3.63) is 34.9 Å². The molecular weight excluding hydrogens is 290 g/mol. The van der Waals surface area contributed by atoms with E-state index in [9.17, 15) is 9.59 Å². The highest BCUT2D eigenvalue weighted by molar-refractivity contribution is 6.30. The Balaban J connectivity index is 2.27. The largest absolute Gasteiger partial charge is 0.481 e. The van der Waals surface area contributed by atoms with Gasteiger partial charge < -0.3 is 10.4 Å². The maximum Gasteiger partial charge on any atom is 0.306 e. The first-order chi connectivity index (χ1) is 9.88. The lowest BCUT2D eigenvalue weighted by Crippen LogP contribution is -2.33. The molecule has 0 spiro atoms. The van der Waals surface area contributed by atoms with E-state index in [1.165, 1.54) is 0 Å². The molecule has 0 aromatic heterocycles. The summed E-state index contributed by atoms with van der Waals surface area (Å²) in [7, 11) is 0. The molecular formula is C16H22ClNO3. The Labute approximate surface area is 130 Å². The van der Waals surface area contributed by atoms with E-state index in [0.29, 0.717) is 17.9 Å². The lowest BCUT2D eigenvalue weighted by Gasteiger charge is -2.14. The van der Waals surface area contributed by atoms with Crippen molar-refractivity contribution in [1.82, 2.24) is 5.32 Å². The van der Waals surface area contributed by atoms with Gasteiger partial charge in [-0.2, -0.15) is 0 Å². The van der Waals surface area contributed by atoms with Gasteiger partial charge >= 0.3 is 5.97 Å². The number of hydrogen-bond acceptors (Lipinski definition) is 2.